The molecule has 2 rings (SSSR count). The van der Waals surface area contributed by atoms with Crippen LogP contribution < -0.4 is 5.73 Å². The van der Waals surface area contributed by atoms with Gasteiger partial charge in [0.2, 0.25) is 5.91 Å². The number of morpholine rings is 1. The third-order valence-corrected chi connectivity index (χ3v) is 4.58. The van der Waals surface area contributed by atoms with E-state index in [4.69, 9.17) is 15.7 Å². The number of amidine groups is 1. The normalized spacial score (nSPS) is 31.1. The Morgan fingerprint density at radius 1 is 1.35 bits per heavy atom. The van der Waals surface area contributed by atoms with Gasteiger partial charge in [0.25, 0.3) is 0 Å². The lowest BCUT2D eigenvalue weighted by atomic mass is 9.71. The molecule has 2 atom stereocenters. The quantitative estimate of drug-likeness (QED) is 0.346. The first-order valence-corrected chi connectivity index (χ1v) is 7.42. The zero-order valence-corrected chi connectivity index (χ0v) is 12.3. The second kappa shape index (κ2) is 5.99. The van der Waals surface area contributed by atoms with Gasteiger partial charge in [-0.05, 0) is 26.7 Å². The van der Waals surface area contributed by atoms with E-state index in [0.717, 1.165) is 19.3 Å². The lowest BCUT2D eigenvalue weighted by Gasteiger charge is -2.44. The van der Waals surface area contributed by atoms with Crippen LogP contribution in [0.4, 0.5) is 0 Å². The number of hydrogen-bond donors (Lipinski definition) is 2. The maximum atomic E-state index is 13.0. The summed E-state index contributed by atoms with van der Waals surface area (Å²) < 4.78 is 5.57. The summed E-state index contributed by atoms with van der Waals surface area (Å²) in [5, 5.41) is 12.2. The van der Waals surface area contributed by atoms with Crippen molar-refractivity contribution in [2.75, 3.05) is 13.2 Å². The highest BCUT2D eigenvalue weighted by molar-refractivity contribution is 6.07. The molecule has 0 spiro atoms. The molecule has 1 aliphatic heterocycles. The molecule has 1 saturated heterocycles. The van der Waals surface area contributed by atoms with Gasteiger partial charge in [0.05, 0.1) is 18.8 Å². The topological polar surface area (TPSA) is 88.2 Å². The van der Waals surface area contributed by atoms with Crippen molar-refractivity contribution in [1.82, 2.24) is 4.90 Å². The Morgan fingerprint density at radius 3 is 2.60 bits per heavy atom. The van der Waals surface area contributed by atoms with Gasteiger partial charge in [0, 0.05) is 6.54 Å². The van der Waals surface area contributed by atoms with Crippen molar-refractivity contribution >= 4 is 11.7 Å². The van der Waals surface area contributed by atoms with E-state index < -0.39 is 5.41 Å². The highest BCUT2D eigenvalue weighted by Gasteiger charge is 2.47. The molecule has 2 unspecified atom stereocenters. The van der Waals surface area contributed by atoms with Crippen LogP contribution in [0.1, 0.15) is 46.0 Å². The predicted octanol–water partition coefficient (Wildman–Crippen LogP) is 1.32. The zero-order chi connectivity index (χ0) is 14.8. The van der Waals surface area contributed by atoms with Crippen molar-refractivity contribution in [1.29, 1.82) is 0 Å². The van der Waals surface area contributed by atoms with Crippen LogP contribution in [0.25, 0.3) is 0 Å². The number of nitrogens with zero attached hydrogens (tertiary/aromatic N) is 2. The second-order valence-corrected chi connectivity index (χ2v) is 6.08. The average Bonchev–Trinajstić information content (AvgIpc) is 2.48. The molecular formula is C14H25N3O3. The van der Waals surface area contributed by atoms with Crippen LogP contribution in [0.2, 0.25) is 0 Å². The second-order valence-electron chi connectivity index (χ2n) is 6.08. The van der Waals surface area contributed by atoms with E-state index in [-0.39, 0.29) is 23.9 Å². The summed E-state index contributed by atoms with van der Waals surface area (Å²) in [7, 11) is 0. The molecule has 2 aliphatic rings. The lowest BCUT2D eigenvalue weighted by molar-refractivity contribution is -0.152. The van der Waals surface area contributed by atoms with Gasteiger partial charge >= 0.3 is 0 Å². The minimum absolute atomic E-state index is 0.00449. The van der Waals surface area contributed by atoms with E-state index in [2.05, 4.69) is 5.16 Å². The number of oxime groups is 1. The number of rotatable bonds is 2. The largest absolute Gasteiger partial charge is 0.409 e. The predicted molar refractivity (Wildman–Crippen MR) is 75.5 cm³/mol. The van der Waals surface area contributed by atoms with Crippen LogP contribution in [-0.4, -0.2) is 47.1 Å². The van der Waals surface area contributed by atoms with Crippen LogP contribution in [0, 0.1) is 5.41 Å². The van der Waals surface area contributed by atoms with Crippen LogP contribution in [0.5, 0.6) is 0 Å². The Morgan fingerprint density at radius 2 is 2.00 bits per heavy atom. The van der Waals surface area contributed by atoms with Crippen molar-refractivity contribution in [2.24, 2.45) is 16.3 Å². The molecule has 0 aromatic rings. The van der Waals surface area contributed by atoms with E-state index in [1.165, 1.54) is 0 Å². The first-order valence-electron chi connectivity index (χ1n) is 7.42. The van der Waals surface area contributed by atoms with E-state index in [1.54, 1.807) is 0 Å². The zero-order valence-electron chi connectivity index (χ0n) is 12.3. The summed E-state index contributed by atoms with van der Waals surface area (Å²) in [6.07, 6.45) is 4.35. The number of amides is 1. The van der Waals surface area contributed by atoms with Gasteiger partial charge in [-0.2, -0.15) is 0 Å². The Balaban J connectivity index is 2.26. The highest BCUT2D eigenvalue weighted by Crippen LogP contribution is 2.39. The molecule has 1 saturated carbocycles. The van der Waals surface area contributed by atoms with Crippen molar-refractivity contribution in [3.05, 3.63) is 0 Å². The highest BCUT2D eigenvalue weighted by atomic mass is 16.5. The fourth-order valence-corrected chi connectivity index (χ4v) is 3.29. The molecule has 1 heterocycles. The third-order valence-electron chi connectivity index (χ3n) is 4.58. The number of ether oxygens (including phenoxy) is 1. The minimum Gasteiger partial charge on any atom is -0.409 e. The Labute approximate surface area is 119 Å². The van der Waals surface area contributed by atoms with Crippen LogP contribution in [0.3, 0.4) is 0 Å². The first-order chi connectivity index (χ1) is 9.51. The van der Waals surface area contributed by atoms with Gasteiger partial charge in [0.1, 0.15) is 5.41 Å². The van der Waals surface area contributed by atoms with Gasteiger partial charge in [-0.1, -0.05) is 24.4 Å². The summed E-state index contributed by atoms with van der Waals surface area (Å²) in [6, 6.07) is 0.0315. The average molecular weight is 283 g/mol. The maximum absolute atomic E-state index is 13.0. The first kappa shape index (κ1) is 15.1. The van der Waals surface area contributed by atoms with Crippen LogP contribution in [-0.2, 0) is 9.53 Å². The monoisotopic (exact) mass is 283 g/mol. The maximum Gasteiger partial charge on any atom is 0.236 e. The summed E-state index contributed by atoms with van der Waals surface area (Å²) in [5.74, 6) is 0.0590. The van der Waals surface area contributed by atoms with E-state index in [9.17, 15) is 4.79 Å². The molecule has 3 N–H and O–H groups in total. The van der Waals surface area contributed by atoms with Gasteiger partial charge in [-0.15, -0.1) is 0 Å². The smallest absolute Gasteiger partial charge is 0.236 e. The molecule has 0 radical (unpaired) electrons. The molecule has 2 fully saturated rings. The molecule has 0 bridgehead atoms. The summed E-state index contributed by atoms with van der Waals surface area (Å²) in [6.45, 7) is 5.05. The van der Waals surface area contributed by atoms with Crippen molar-refractivity contribution < 1.29 is 14.7 Å². The number of hydrogen-bond acceptors (Lipinski definition) is 4. The van der Waals surface area contributed by atoms with Crippen LogP contribution >= 0.6 is 0 Å². The fraction of sp³-hybridized carbons (Fsp3) is 0.857. The Kier molecular flexibility index (Phi) is 4.52. The molecule has 6 heteroatoms. The molecule has 20 heavy (non-hydrogen) atoms. The molecule has 114 valence electrons. The summed E-state index contributed by atoms with van der Waals surface area (Å²) in [4.78, 5) is 14.9. The van der Waals surface area contributed by atoms with Gasteiger partial charge in [0.15, 0.2) is 5.84 Å². The molecule has 6 nitrogen and oxygen atoms in total. The summed E-state index contributed by atoms with van der Waals surface area (Å²) >= 11 is 0. The molecular weight excluding hydrogens is 258 g/mol. The van der Waals surface area contributed by atoms with Gasteiger partial charge in [-0.3, -0.25) is 4.79 Å². The SMILES string of the molecule is CC1CN(C(=O)C2(C(N)=NO)CCCCC2)C(C)CO1. The molecule has 0 aromatic carbocycles. The van der Waals surface area contributed by atoms with E-state index >= 15 is 0 Å². The van der Waals surface area contributed by atoms with Gasteiger partial charge < -0.3 is 20.6 Å². The number of nitrogens with two attached hydrogens (primary N) is 1. The summed E-state index contributed by atoms with van der Waals surface area (Å²) in [5.41, 5.74) is 5.07. The standard InChI is InChI=1S/C14H25N3O3/c1-10-9-20-11(2)8-17(10)13(18)14(12(15)16-19)6-4-3-5-7-14/h10-11,19H,3-9H2,1-2H3,(H2,15,16). The van der Waals surface area contributed by atoms with Gasteiger partial charge in [-0.25, -0.2) is 0 Å². The minimum atomic E-state index is -0.821. The lowest BCUT2D eigenvalue weighted by Crippen LogP contribution is -2.58. The molecule has 1 aliphatic carbocycles. The molecule has 0 aromatic heterocycles. The van der Waals surface area contributed by atoms with Crippen molar-refractivity contribution in [2.45, 2.75) is 58.1 Å². The Bertz CT molecular complexity index is 391. The fourth-order valence-electron chi connectivity index (χ4n) is 3.29. The Hall–Kier alpha value is -1.30. The van der Waals surface area contributed by atoms with E-state index in [0.29, 0.717) is 26.0 Å². The molecule has 1 amide bonds. The van der Waals surface area contributed by atoms with Crippen molar-refractivity contribution in [3.8, 4) is 0 Å². The number of carbonyl (C=O) groups is 1. The van der Waals surface area contributed by atoms with Crippen molar-refractivity contribution in [3.63, 3.8) is 0 Å². The van der Waals surface area contributed by atoms with E-state index in [1.807, 2.05) is 18.7 Å². The number of carbonyl (C=O) groups excluding carboxylic acids is 1. The third kappa shape index (κ3) is 2.61. The van der Waals surface area contributed by atoms with Crippen LogP contribution in [0.15, 0.2) is 5.16 Å².